The van der Waals surface area contributed by atoms with Crippen molar-refractivity contribution in [3.8, 4) is 0 Å². The number of nitrogens with one attached hydrogen (secondary N) is 1. The van der Waals surface area contributed by atoms with Crippen molar-refractivity contribution in [1.82, 2.24) is 10.2 Å². The maximum atomic E-state index is 5.52. The average Bonchev–Trinajstić information content (AvgIpc) is 2.17. The largest absolute Gasteiger partial charge is 0.329 e. The van der Waals surface area contributed by atoms with E-state index in [9.17, 15) is 0 Å². The van der Waals surface area contributed by atoms with Gasteiger partial charge in [0, 0.05) is 13.1 Å². The monoisotopic (exact) mass is 185 g/mol. The van der Waals surface area contributed by atoms with Crippen molar-refractivity contribution in [2.75, 3.05) is 39.3 Å². The molecule has 3 nitrogen and oxygen atoms in total. The smallest absolute Gasteiger partial charge is 0.0105 e. The molecule has 0 aromatic heterocycles. The topological polar surface area (TPSA) is 41.3 Å². The summed E-state index contributed by atoms with van der Waals surface area (Å²) in [6, 6.07) is 0. The first-order chi connectivity index (χ1) is 6.36. The normalized spacial score (nSPS) is 20.8. The summed E-state index contributed by atoms with van der Waals surface area (Å²) < 4.78 is 0. The van der Waals surface area contributed by atoms with E-state index in [0.29, 0.717) is 0 Å². The van der Waals surface area contributed by atoms with Crippen LogP contribution in [0.5, 0.6) is 0 Å². The molecule has 0 unspecified atom stereocenters. The number of hydrogen-bond donors (Lipinski definition) is 2. The molecule has 0 aromatic carbocycles. The lowest BCUT2D eigenvalue weighted by Gasteiger charge is -2.31. The van der Waals surface area contributed by atoms with E-state index in [-0.39, 0.29) is 0 Å². The third kappa shape index (κ3) is 4.07. The second-order valence-corrected chi connectivity index (χ2v) is 3.88. The first-order valence-corrected chi connectivity index (χ1v) is 5.50. The minimum absolute atomic E-state index is 0.803. The van der Waals surface area contributed by atoms with Gasteiger partial charge >= 0.3 is 0 Å². The van der Waals surface area contributed by atoms with E-state index in [1.54, 1.807) is 0 Å². The highest BCUT2D eigenvalue weighted by Crippen LogP contribution is 2.15. The number of hydrogen-bond acceptors (Lipinski definition) is 3. The van der Waals surface area contributed by atoms with E-state index in [4.69, 9.17) is 5.73 Å². The predicted octanol–water partition coefficient (Wildman–Crippen LogP) is 0.267. The number of rotatable bonds is 5. The SMILES string of the molecule is CCNCC1CCN(CCN)CC1. The van der Waals surface area contributed by atoms with E-state index >= 15 is 0 Å². The Labute approximate surface area is 81.7 Å². The molecule has 13 heavy (non-hydrogen) atoms. The average molecular weight is 185 g/mol. The van der Waals surface area contributed by atoms with Gasteiger partial charge in [0.05, 0.1) is 0 Å². The van der Waals surface area contributed by atoms with Crippen LogP contribution in [0.3, 0.4) is 0 Å². The highest BCUT2D eigenvalue weighted by Gasteiger charge is 2.17. The van der Waals surface area contributed by atoms with Crippen LogP contribution in [0.4, 0.5) is 0 Å². The summed E-state index contributed by atoms with van der Waals surface area (Å²) in [5.74, 6) is 0.897. The van der Waals surface area contributed by atoms with Crippen LogP contribution in [0, 0.1) is 5.92 Å². The van der Waals surface area contributed by atoms with Crippen molar-refractivity contribution in [2.45, 2.75) is 19.8 Å². The molecule has 1 saturated heterocycles. The van der Waals surface area contributed by atoms with E-state index in [2.05, 4.69) is 17.1 Å². The van der Waals surface area contributed by atoms with E-state index in [1.165, 1.54) is 32.5 Å². The molecule has 0 radical (unpaired) electrons. The Morgan fingerprint density at radius 2 is 2.08 bits per heavy atom. The van der Waals surface area contributed by atoms with Crippen molar-refractivity contribution in [1.29, 1.82) is 0 Å². The molecule has 0 aliphatic carbocycles. The Hall–Kier alpha value is -0.120. The minimum atomic E-state index is 0.803. The minimum Gasteiger partial charge on any atom is -0.329 e. The quantitative estimate of drug-likeness (QED) is 0.646. The highest BCUT2D eigenvalue weighted by atomic mass is 15.1. The zero-order chi connectivity index (χ0) is 9.52. The molecule has 3 N–H and O–H groups in total. The fourth-order valence-electron chi connectivity index (χ4n) is 1.95. The summed E-state index contributed by atoms with van der Waals surface area (Å²) >= 11 is 0. The van der Waals surface area contributed by atoms with Gasteiger partial charge < -0.3 is 16.0 Å². The zero-order valence-corrected chi connectivity index (χ0v) is 8.76. The third-order valence-electron chi connectivity index (χ3n) is 2.84. The number of nitrogens with zero attached hydrogens (tertiary/aromatic N) is 1. The molecule has 1 heterocycles. The lowest BCUT2D eigenvalue weighted by atomic mass is 9.97. The van der Waals surface area contributed by atoms with Gasteiger partial charge in [-0.25, -0.2) is 0 Å². The van der Waals surface area contributed by atoms with Gasteiger partial charge in [-0.15, -0.1) is 0 Å². The van der Waals surface area contributed by atoms with Crippen LogP contribution >= 0.6 is 0 Å². The molecule has 0 saturated carbocycles. The first kappa shape index (κ1) is 11.0. The summed E-state index contributed by atoms with van der Waals surface area (Å²) in [6.07, 6.45) is 2.68. The summed E-state index contributed by atoms with van der Waals surface area (Å²) in [5.41, 5.74) is 5.52. The molecule has 1 aliphatic heterocycles. The Morgan fingerprint density at radius 1 is 1.38 bits per heavy atom. The summed E-state index contributed by atoms with van der Waals surface area (Å²) in [4.78, 5) is 2.47. The number of nitrogens with two attached hydrogens (primary N) is 1. The van der Waals surface area contributed by atoms with Crippen molar-refractivity contribution in [3.05, 3.63) is 0 Å². The fraction of sp³-hybridized carbons (Fsp3) is 1.00. The van der Waals surface area contributed by atoms with Crippen LogP contribution in [-0.2, 0) is 0 Å². The highest BCUT2D eigenvalue weighted by molar-refractivity contribution is 4.73. The first-order valence-electron chi connectivity index (χ1n) is 5.50. The lowest BCUT2D eigenvalue weighted by Crippen LogP contribution is -2.39. The van der Waals surface area contributed by atoms with E-state index in [1.807, 2.05) is 0 Å². The Kier molecular flexibility index (Phi) is 5.35. The molecule has 1 fully saturated rings. The molecule has 3 heteroatoms. The molecule has 0 amide bonds. The molecule has 0 bridgehead atoms. The molecule has 78 valence electrons. The lowest BCUT2D eigenvalue weighted by molar-refractivity contribution is 0.187. The second kappa shape index (κ2) is 6.35. The molecule has 0 aromatic rings. The van der Waals surface area contributed by atoms with Crippen LogP contribution in [-0.4, -0.2) is 44.2 Å². The van der Waals surface area contributed by atoms with Gasteiger partial charge in [0.2, 0.25) is 0 Å². The fourth-order valence-corrected chi connectivity index (χ4v) is 1.95. The summed E-state index contributed by atoms with van der Waals surface area (Å²) in [7, 11) is 0. The molecule has 1 aliphatic rings. The van der Waals surface area contributed by atoms with Crippen molar-refractivity contribution >= 4 is 0 Å². The van der Waals surface area contributed by atoms with Gasteiger partial charge in [-0.2, -0.15) is 0 Å². The maximum Gasteiger partial charge on any atom is 0.0105 e. The van der Waals surface area contributed by atoms with E-state index in [0.717, 1.165) is 25.6 Å². The zero-order valence-electron chi connectivity index (χ0n) is 8.76. The van der Waals surface area contributed by atoms with Gasteiger partial charge in [0.1, 0.15) is 0 Å². The molecule has 0 spiro atoms. The van der Waals surface area contributed by atoms with Crippen LogP contribution in [0.15, 0.2) is 0 Å². The Morgan fingerprint density at radius 3 is 2.62 bits per heavy atom. The van der Waals surface area contributed by atoms with Crippen LogP contribution in [0.1, 0.15) is 19.8 Å². The Bertz CT molecular complexity index is 119. The molecular formula is C10H23N3. The third-order valence-corrected chi connectivity index (χ3v) is 2.84. The van der Waals surface area contributed by atoms with Gasteiger partial charge in [-0.05, 0) is 44.9 Å². The predicted molar refractivity (Wildman–Crippen MR) is 56.8 cm³/mol. The van der Waals surface area contributed by atoms with Crippen LogP contribution < -0.4 is 11.1 Å². The maximum absolute atomic E-state index is 5.52. The molecule has 1 rings (SSSR count). The van der Waals surface area contributed by atoms with Gasteiger partial charge in [-0.3, -0.25) is 0 Å². The van der Waals surface area contributed by atoms with Crippen molar-refractivity contribution < 1.29 is 0 Å². The van der Waals surface area contributed by atoms with Crippen molar-refractivity contribution in [3.63, 3.8) is 0 Å². The second-order valence-electron chi connectivity index (χ2n) is 3.88. The van der Waals surface area contributed by atoms with Crippen LogP contribution in [0.25, 0.3) is 0 Å². The van der Waals surface area contributed by atoms with E-state index < -0.39 is 0 Å². The number of likely N-dealkylation sites (tertiary alicyclic amines) is 1. The van der Waals surface area contributed by atoms with Crippen LogP contribution in [0.2, 0.25) is 0 Å². The summed E-state index contributed by atoms with van der Waals surface area (Å²) in [5, 5.41) is 3.42. The number of piperidine rings is 1. The molecule has 0 atom stereocenters. The van der Waals surface area contributed by atoms with Gasteiger partial charge in [0.15, 0.2) is 0 Å². The Balaban J connectivity index is 2.08. The van der Waals surface area contributed by atoms with Crippen molar-refractivity contribution in [2.24, 2.45) is 11.7 Å². The summed E-state index contributed by atoms with van der Waals surface area (Å²) in [6.45, 7) is 8.84. The molecular weight excluding hydrogens is 162 g/mol. The van der Waals surface area contributed by atoms with Gasteiger partial charge in [-0.1, -0.05) is 6.92 Å². The van der Waals surface area contributed by atoms with Gasteiger partial charge in [0.25, 0.3) is 0 Å². The standard InChI is InChI=1S/C10H23N3/c1-2-12-9-10-3-6-13(7-4-10)8-5-11/h10,12H,2-9,11H2,1H3.